The molecule has 1 aliphatic rings. The van der Waals surface area contributed by atoms with Crippen LogP contribution in [0, 0.1) is 0 Å². The first-order chi connectivity index (χ1) is 5.72. The average molecular weight is 172 g/mol. The smallest absolute Gasteiger partial charge is 0.231 e. The Bertz CT molecular complexity index is 153. The molecular weight excluding hydrogens is 156 g/mol. The fourth-order valence-corrected chi connectivity index (χ4v) is 1.35. The minimum atomic E-state index is -0.254. The van der Waals surface area contributed by atoms with E-state index in [0.29, 0.717) is 13.2 Å². The summed E-state index contributed by atoms with van der Waals surface area (Å²) in [6, 6.07) is 0. The van der Waals surface area contributed by atoms with Crippen LogP contribution >= 0.6 is 0 Å². The molecule has 1 amide bonds. The molecule has 0 spiro atoms. The number of primary amides is 1. The molecule has 0 aromatic heterocycles. The molecule has 1 rings (SSSR count). The highest BCUT2D eigenvalue weighted by Gasteiger charge is 2.16. The SMILES string of the molecule is NCN1CCN(CC(N)=O)CC1. The Kier molecular flexibility index (Phi) is 3.46. The van der Waals surface area contributed by atoms with E-state index in [1.807, 2.05) is 0 Å². The van der Waals surface area contributed by atoms with Crippen molar-refractivity contribution in [2.75, 3.05) is 39.4 Å². The molecule has 0 saturated carbocycles. The van der Waals surface area contributed by atoms with Crippen molar-refractivity contribution < 1.29 is 4.79 Å². The van der Waals surface area contributed by atoms with Crippen LogP contribution in [0.5, 0.6) is 0 Å². The molecule has 0 bridgehead atoms. The van der Waals surface area contributed by atoms with Crippen molar-refractivity contribution in [3.05, 3.63) is 0 Å². The first-order valence-electron chi connectivity index (χ1n) is 4.15. The molecular formula is C7H16N4O. The number of piperazine rings is 1. The molecule has 0 unspecified atom stereocenters. The van der Waals surface area contributed by atoms with Gasteiger partial charge in [0.15, 0.2) is 0 Å². The number of hydrogen-bond acceptors (Lipinski definition) is 4. The lowest BCUT2D eigenvalue weighted by atomic mass is 10.3. The third-order valence-corrected chi connectivity index (χ3v) is 2.10. The monoisotopic (exact) mass is 172 g/mol. The predicted molar refractivity (Wildman–Crippen MR) is 46.3 cm³/mol. The lowest BCUT2D eigenvalue weighted by molar-refractivity contribution is -0.119. The van der Waals surface area contributed by atoms with E-state index in [2.05, 4.69) is 9.80 Å². The zero-order valence-electron chi connectivity index (χ0n) is 7.20. The van der Waals surface area contributed by atoms with Crippen molar-refractivity contribution in [1.82, 2.24) is 9.80 Å². The van der Waals surface area contributed by atoms with Gasteiger partial charge in [-0.3, -0.25) is 14.6 Å². The van der Waals surface area contributed by atoms with Crippen LogP contribution in [0.2, 0.25) is 0 Å². The Morgan fingerprint density at radius 3 is 2.08 bits per heavy atom. The van der Waals surface area contributed by atoms with E-state index in [0.717, 1.165) is 26.2 Å². The topological polar surface area (TPSA) is 75.6 Å². The Morgan fingerprint density at radius 1 is 1.17 bits per heavy atom. The quantitative estimate of drug-likeness (QED) is 0.516. The van der Waals surface area contributed by atoms with Crippen LogP contribution in [0.1, 0.15) is 0 Å². The van der Waals surface area contributed by atoms with Gasteiger partial charge in [-0.25, -0.2) is 0 Å². The Balaban J connectivity index is 2.21. The van der Waals surface area contributed by atoms with Crippen LogP contribution < -0.4 is 11.5 Å². The fraction of sp³-hybridized carbons (Fsp3) is 0.857. The number of amides is 1. The van der Waals surface area contributed by atoms with Crippen LogP contribution in [0.25, 0.3) is 0 Å². The predicted octanol–water partition coefficient (Wildman–Crippen LogP) is -1.99. The van der Waals surface area contributed by atoms with Crippen LogP contribution in [0.4, 0.5) is 0 Å². The summed E-state index contributed by atoms with van der Waals surface area (Å²) in [7, 11) is 0. The molecule has 0 aromatic rings. The molecule has 1 fully saturated rings. The summed E-state index contributed by atoms with van der Waals surface area (Å²) in [6.07, 6.45) is 0. The molecule has 0 aromatic carbocycles. The second-order valence-electron chi connectivity index (χ2n) is 3.04. The largest absolute Gasteiger partial charge is 0.369 e. The van der Waals surface area contributed by atoms with Crippen LogP contribution in [0.3, 0.4) is 0 Å². The maximum atomic E-state index is 10.6. The van der Waals surface area contributed by atoms with Gasteiger partial charge >= 0.3 is 0 Å². The molecule has 0 radical (unpaired) electrons. The first kappa shape index (κ1) is 9.44. The van der Waals surface area contributed by atoms with Gasteiger partial charge in [0.05, 0.1) is 6.54 Å². The lowest BCUT2D eigenvalue weighted by Crippen LogP contribution is -2.50. The minimum Gasteiger partial charge on any atom is -0.369 e. The highest BCUT2D eigenvalue weighted by molar-refractivity contribution is 5.75. The van der Waals surface area contributed by atoms with E-state index in [1.54, 1.807) is 0 Å². The Labute approximate surface area is 72.3 Å². The van der Waals surface area contributed by atoms with Crippen molar-refractivity contribution in [3.63, 3.8) is 0 Å². The highest BCUT2D eigenvalue weighted by atomic mass is 16.1. The molecule has 70 valence electrons. The van der Waals surface area contributed by atoms with E-state index in [1.165, 1.54) is 0 Å². The van der Waals surface area contributed by atoms with E-state index in [4.69, 9.17) is 11.5 Å². The summed E-state index contributed by atoms with van der Waals surface area (Å²) >= 11 is 0. The zero-order valence-corrected chi connectivity index (χ0v) is 7.20. The average Bonchev–Trinajstić information content (AvgIpc) is 2.05. The van der Waals surface area contributed by atoms with Gasteiger partial charge in [0, 0.05) is 32.8 Å². The lowest BCUT2D eigenvalue weighted by Gasteiger charge is -2.32. The second kappa shape index (κ2) is 4.39. The van der Waals surface area contributed by atoms with E-state index >= 15 is 0 Å². The van der Waals surface area contributed by atoms with Crippen molar-refractivity contribution in [2.45, 2.75) is 0 Å². The van der Waals surface area contributed by atoms with Gasteiger partial charge in [-0.15, -0.1) is 0 Å². The van der Waals surface area contributed by atoms with E-state index < -0.39 is 0 Å². The van der Waals surface area contributed by atoms with Gasteiger partial charge in [-0.1, -0.05) is 0 Å². The Hall–Kier alpha value is -0.650. The molecule has 0 aliphatic carbocycles. The van der Waals surface area contributed by atoms with Gasteiger partial charge in [0.2, 0.25) is 5.91 Å². The van der Waals surface area contributed by atoms with Gasteiger partial charge in [0.25, 0.3) is 0 Å². The third-order valence-electron chi connectivity index (χ3n) is 2.10. The van der Waals surface area contributed by atoms with Crippen LogP contribution in [0.15, 0.2) is 0 Å². The number of hydrogen-bond donors (Lipinski definition) is 2. The van der Waals surface area contributed by atoms with E-state index in [9.17, 15) is 4.79 Å². The molecule has 12 heavy (non-hydrogen) atoms. The van der Waals surface area contributed by atoms with Crippen molar-refractivity contribution in [1.29, 1.82) is 0 Å². The van der Waals surface area contributed by atoms with Gasteiger partial charge < -0.3 is 11.5 Å². The number of nitrogens with two attached hydrogens (primary N) is 2. The fourth-order valence-electron chi connectivity index (χ4n) is 1.35. The maximum absolute atomic E-state index is 10.6. The van der Waals surface area contributed by atoms with Gasteiger partial charge in [-0.2, -0.15) is 0 Å². The molecule has 1 saturated heterocycles. The number of carbonyl (C=O) groups is 1. The Morgan fingerprint density at radius 2 is 1.67 bits per heavy atom. The zero-order chi connectivity index (χ0) is 8.97. The standard InChI is InChI=1S/C7H16N4O/c8-6-11-3-1-10(2-4-11)5-7(9)12/h1-6,8H2,(H2,9,12). The minimum absolute atomic E-state index is 0.254. The summed E-state index contributed by atoms with van der Waals surface area (Å²) in [4.78, 5) is 14.8. The van der Waals surface area contributed by atoms with Crippen molar-refractivity contribution in [3.8, 4) is 0 Å². The van der Waals surface area contributed by atoms with Crippen molar-refractivity contribution >= 4 is 5.91 Å². The maximum Gasteiger partial charge on any atom is 0.231 e. The molecule has 1 aliphatic heterocycles. The third kappa shape index (κ3) is 2.77. The molecule has 5 heteroatoms. The van der Waals surface area contributed by atoms with Gasteiger partial charge in [0.1, 0.15) is 0 Å². The number of carbonyl (C=O) groups excluding carboxylic acids is 1. The van der Waals surface area contributed by atoms with E-state index in [-0.39, 0.29) is 5.91 Å². The summed E-state index contributed by atoms with van der Waals surface area (Å²) in [5.41, 5.74) is 10.5. The van der Waals surface area contributed by atoms with Gasteiger partial charge in [-0.05, 0) is 0 Å². The molecule has 4 N–H and O–H groups in total. The second-order valence-corrected chi connectivity index (χ2v) is 3.04. The summed E-state index contributed by atoms with van der Waals surface area (Å²) in [6.45, 7) is 4.62. The number of rotatable bonds is 3. The normalized spacial score (nSPS) is 21.1. The summed E-state index contributed by atoms with van der Waals surface area (Å²) in [5, 5.41) is 0. The summed E-state index contributed by atoms with van der Waals surface area (Å²) in [5.74, 6) is -0.254. The first-order valence-corrected chi connectivity index (χ1v) is 4.15. The van der Waals surface area contributed by atoms with Crippen molar-refractivity contribution in [2.24, 2.45) is 11.5 Å². The summed E-state index contributed by atoms with van der Waals surface area (Å²) < 4.78 is 0. The highest BCUT2D eigenvalue weighted by Crippen LogP contribution is 1.98. The van der Waals surface area contributed by atoms with Crippen LogP contribution in [-0.4, -0.2) is 55.1 Å². The van der Waals surface area contributed by atoms with Crippen LogP contribution in [-0.2, 0) is 4.79 Å². The molecule has 1 heterocycles. The molecule has 0 atom stereocenters. The number of nitrogens with zero attached hydrogens (tertiary/aromatic N) is 2. The molecule has 5 nitrogen and oxygen atoms in total.